The molecule has 0 unspecified atom stereocenters. The van der Waals surface area contributed by atoms with E-state index in [0.717, 1.165) is 5.56 Å². The molecule has 1 aromatic carbocycles. The van der Waals surface area contributed by atoms with E-state index in [2.05, 4.69) is 15.3 Å². The number of pyridine rings is 2. The molecule has 1 aliphatic carbocycles. The second-order valence-corrected chi connectivity index (χ2v) is 8.82. The van der Waals surface area contributed by atoms with Crippen molar-refractivity contribution in [3.8, 4) is 11.5 Å². The van der Waals surface area contributed by atoms with Crippen LogP contribution in [0.1, 0.15) is 52.2 Å². The minimum Gasteiger partial charge on any atom is -0.493 e. The molecule has 8 heteroatoms. The van der Waals surface area contributed by atoms with Gasteiger partial charge in [0.15, 0.2) is 17.3 Å². The number of Topliss-reactive ketones (excluding diaryl/α,β-unsaturated/α-hetero) is 1. The third kappa shape index (κ3) is 4.95. The smallest absolute Gasteiger partial charge is 0.261 e. The summed E-state index contributed by atoms with van der Waals surface area (Å²) in [5.41, 5.74) is 1.40. The van der Waals surface area contributed by atoms with E-state index < -0.39 is 11.5 Å². The van der Waals surface area contributed by atoms with Crippen LogP contribution < -0.4 is 20.3 Å². The van der Waals surface area contributed by atoms with Gasteiger partial charge >= 0.3 is 0 Å². The summed E-state index contributed by atoms with van der Waals surface area (Å²) in [6.07, 6.45) is 4.31. The maximum Gasteiger partial charge on any atom is 0.261 e. The molecule has 0 bridgehead atoms. The van der Waals surface area contributed by atoms with Crippen LogP contribution in [0.3, 0.4) is 0 Å². The summed E-state index contributed by atoms with van der Waals surface area (Å²) >= 11 is 0. The number of aromatic nitrogens is 2. The summed E-state index contributed by atoms with van der Waals surface area (Å²) in [6.45, 7) is 4.22. The van der Waals surface area contributed by atoms with Crippen LogP contribution in [-0.4, -0.2) is 28.8 Å². The zero-order valence-corrected chi connectivity index (χ0v) is 18.7. The Morgan fingerprint density at radius 3 is 2.70 bits per heavy atom. The van der Waals surface area contributed by atoms with E-state index in [1.165, 1.54) is 13.2 Å². The first-order valence-corrected chi connectivity index (χ1v) is 10.6. The molecule has 170 valence electrons. The number of carbonyl (C=O) groups is 2. The van der Waals surface area contributed by atoms with Crippen LogP contribution in [0.15, 0.2) is 53.6 Å². The van der Waals surface area contributed by atoms with Gasteiger partial charge in [0.1, 0.15) is 12.2 Å². The molecule has 2 aromatic heterocycles. The Morgan fingerprint density at radius 1 is 1.15 bits per heavy atom. The maximum absolute atomic E-state index is 12.9. The number of fused-ring (bicyclic) bond motifs is 1. The highest BCUT2D eigenvalue weighted by Gasteiger charge is 2.32. The van der Waals surface area contributed by atoms with Crippen LogP contribution in [0.4, 0.5) is 5.69 Å². The van der Waals surface area contributed by atoms with Crippen LogP contribution in [0.25, 0.3) is 0 Å². The molecule has 0 radical (unpaired) electrons. The minimum absolute atomic E-state index is 0.0814. The van der Waals surface area contributed by atoms with Gasteiger partial charge in [-0.05, 0) is 36.1 Å². The van der Waals surface area contributed by atoms with Gasteiger partial charge in [0, 0.05) is 47.4 Å². The molecule has 0 saturated heterocycles. The average molecular weight is 447 g/mol. The zero-order valence-electron chi connectivity index (χ0n) is 18.7. The number of ether oxygens (including phenoxy) is 2. The minimum atomic E-state index is -0.611. The summed E-state index contributed by atoms with van der Waals surface area (Å²) in [5.74, 6) is 0.231. The second-order valence-electron chi connectivity index (χ2n) is 8.82. The van der Waals surface area contributed by atoms with Gasteiger partial charge < -0.3 is 19.8 Å². The van der Waals surface area contributed by atoms with Crippen molar-refractivity contribution in [2.24, 2.45) is 5.41 Å². The molecule has 0 fully saturated rings. The van der Waals surface area contributed by atoms with Crippen LogP contribution in [0.5, 0.6) is 11.5 Å². The third-order valence-electron chi connectivity index (χ3n) is 5.50. The van der Waals surface area contributed by atoms with Gasteiger partial charge in [0.05, 0.1) is 7.11 Å². The fraction of sp³-hybridized carbons (Fsp3) is 0.280. The molecule has 3 aromatic rings. The molecule has 8 nitrogen and oxygen atoms in total. The normalized spacial score (nSPS) is 14.3. The Kier molecular flexibility index (Phi) is 6.00. The molecule has 0 atom stereocenters. The Hall–Kier alpha value is -3.94. The highest BCUT2D eigenvalue weighted by atomic mass is 16.5. The SMILES string of the molecule is COc1ccc(NC(=O)c2cc3c([nH]c2=O)CC(C)(C)CC3=O)cc1OCc1cccnc1. The lowest BCUT2D eigenvalue weighted by Crippen LogP contribution is -2.32. The fourth-order valence-corrected chi connectivity index (χ4v) is 3.91. The van der Waals surface area contributed by atoms with Crippen molar-refractivity contribution in [2.75, 3.05) is 12.4 Å². The van der Waals surface area contributed by atoms with Crippen LogP contribution in [0.2, 0.25) is 0 Å². The molecule has 1 aliphatic rings. The number of nitrogens with one attached hydrogen (secondary N) is 2. The molecule has 4 rings (SSSR count). The first-order chi connectivity index (χ1) is 15.8. The number of nitrogens with zero attached hydrogens (tertiary/aromatic N) is 1. The molecule has 33 heavy (non-hydrogen) atoms. The predicted octanol–water partition coefficient (Wildman–Crippen LogP) is 3.76. The quantitative estimate of drug-likeness (QED) is 0.595. The monoisotopic (exact) mass is 447 g/mol. The number of anilines is 1. The van der Waals surface area contributed by atoms with E-state index in [0.29, 0.717) is 41.3 Å². The number of hydrogen-bond donors (Lipinski definition) is 2. The molecule has 1 amide bonds. The van der Waals surface area contributed by atoms with Crippen molar-refractivity contribution in [1.29, 1.82) is 0 Å². The summed E-state index contributed by atoms with van der Waals surface area (Å²) in [7, 11) is 1.52. The second kappa shape index (κ2) is 8.90. The van der Waals surface area contributed by atoms with Crippen LogP contribution in [-0.2, 0) is 13.0 Å². The largest absolute Gasteiger partial charge is 0.493 e. The topological polar surface area (TPSA) is 110 Å². The van der Waals surface area contributed by atoms with Crippen molar-refractivity contribution in [1.82, 2.24) is 9.97 Å². The Morgan fingerprint density at radius 2 is 1.97 bits per heavy atom. The lowest BCUT2D eigenvalue weighted by atomic mass is 9.75. The third-order valence-corrected chi connectivity index (χ3v) is 5.50. The van der Waals surface area contributed by atoms with E-state index in [9.17, 15) is 14.4 Å². The number of ketones is 1. The van der Waals surface area contributed by atoms with E-state index in [1.54, 1.807) is 30.6 Å². The van der Waals surface area contributed by atoms with Crippen molar-refractivity contribution in [3.05, 3.63) is 81.5 Å². The number of aromatic amines is 1. The number of H-pyrrole nitrogens is 1. The molecule has 0 spiro atoms. The molecular formula is C25H25N3O5. The fourth-order valence-electron chi connectivity index (χ4n) is 3.91. The summed E-state index contributed by atoms with van der Waals surface area (Å²) < 4.78 is 11.2. The number of carbonyl (C=O) groups excluding carboxylic acids is 2. The van der Waals surface area contributed by atoms with Crippen molar-refractivity contribution < 1.29 is 19.1 Å². The molecule has 2 N–H and O–H groups in total. The zero-order chi connectivity index (χ0) is 23.6. The van der Waals surface area contributed by atoms with Crippen molar-refractivity contribution >= 4 is 17.4 Å². The molecule has 0 saturated carbocycles. The Bertz CT molecular complexity index is 1260. The number of amides is 1. The van der Waals surface area contributed by atoms with Gasteiger partial charge in [0.2, 0.25) is 0 Å². The van der Waals surface area contributed by atoms with Gasteiger partial charge in [-0.2, -0.15) is 0 Å². The van der Waals surface area contributed by atoms with Crippen LogP contribution >= 0.6 is 0 Å². The number of hydrogen-bond acceptors (Lipinski definition) is 6. The first-order valence-electron chi connectivity index (χ1n) is 10.6. The highest BCUT2D eigenvalue weighted by molar-refractivity contribution is 6.06. The van der Waals surface area contributed by atoms with Gasteiger partial charge in [-0.25, -0.2) is 0 Å². The van der Waals surface area contributed by atoms with Crippen LogP contribution in [0, 0.1) is 5.41 Å². The number of rotatable bonds is 6. The average Bonchev–Trinajstić information content (AvgIpc) is 2.77. The Balaban J connectivity index is 1.56. The lowest BCUT2D eigenvalue weighted by Gasteiger charge is -2.29. The standard InChI is InChI=1S/C25H25N3O5/c1-25(2)11-19-17(20(29)12-25)10-18(24(31)28-19)23(30)27-16-6-7-21(32-3)22(9-16)33-14-15-5-4-8-26-13-15/h4-10,13H,11-12,14H2,1-3H3,(H,27,30)(H,28,31). The van der Waals surface area contributed by atoms with Gasteiger partial charge in [-0.1, -0.05) is 19.9 Å². The summed E-state index contributed by atoms with van der Waals surface area (Å²) in [5, 5.41) is 2.71. The van der Waals surface area contributed by atoms with Gasteiger partial charge in [0.25, 0.3) is 11.5 Å². The van der Waals surface area contributed by atoms with E-state index >= 15 is 0 Å². The first kappa shape index (κ1) is 22.3. The van der Waals surface area contributed by atoms with Crippen molar-refractivity contribution in [3.63, 3.8) is 0 Å². The van der Waals surface area contributed by atoms with Gasteiger partial charge in [-0.3, -0.25) is 19.4 Å². The molecular weight excluding hydrogens is 422 g/mol. The lowest BCUT2D eigenvalue weighted by molar-refractivity contribution is 0.0910. The summed E-state index contributed by atoms with van der Waals surface area (Å²) in [6, 6.07) is 10.0. The summed E-state index contributed by atoms with van der Waals surface area (Å²) in [4.78, 5) is 44.8. The predicted molar refractivity (Wildman–Crippen MR) is 123 cm³/mol. The Labute approximate surface area is 191 Å². The molecule has 0 aliphatic heterocycles. The van der Waals surface area contributed by atoms with Gasteiger partial charge in [-0.15, -0.1) is 0 Å². The van der Waals surface area contributed by atoms with E-state index in [-0.39, 0.29) is 23.4 Å². The molecule has 2 heterocycles. The highest BCUT2D eigenvalue weighted by Crippen LogP contribution is 2.34. The van der Waals surface area contributed by atoms with E-state index in [4.69, 9.17) is 9.47 Å². The number of methoxy groups -OCH3 is 1. The maximum atomic E-state index is 12.9. The number of benzene rings is 1. The van der Waals surface area contributed by atoms with Crippen molar-refractivity contribution in [2.45, 2.75) is 33.3 Å². The van der Waals surface area contributed by atoms with E-state index in [1.807, 2.05) is 26.0 Å².